The fraction of sp³-hybridized carbons (Fsp3) is 0.292. The molecule has 2 aromatic carbocycles. The van der Waals surface area contributed by atoms with E-state index < -0.39 is 23.7 Å². The number of carboxylic acid groups (broad SMARTS) is 1. The summed E-state index contributed by atoms with van der Waals surface area (Å²) in [7, 11) is 4.45. The van der Waals surface area contributed by atoms with Crippen LogP contribution in [0.4, 0.5) is 0 Å². The minimum absolute atomic E-state index is 0.0231. The summed E-state index contributed by atoms with van der Waals surface area (Å²) in [6, 6.07) is 10.4. The molecule has 1 atom stereocenters. The first-order valence-corrected chi connectivity index (χ1v) is 10.2. The Balaban J connectivity index is 2.13. The van der Waals surface area contributed by atoms with Gasteiger partial charge in [0.05, 0.1) is 32.9 Å². The van der Waals surface area contributed by atoms with E-state index in [1.165, 1.54) is 26.2 Å². The van der Waals surface area contributed by atoms with Gasteiger partial charge in [-0.1, -0.05) is 6.07 Å². The van der Waals surface area contributed by atoms with Crippen LogP contribution < -0.4 is 14.2 Å². The lowest BCUT2D eigenvalue weighted by atomic mass is 9.95. The molecule has 1 heterocycles. The predicted molar refractivity (Wildman–Crippen MR) is 118 cm³/mol. The lowest BCUT2D eigenvalue weighted by molar-refractivity contribution is -0.140. The monoisotopic (exact) mass is 455 g/mol. The predicted octanol–water partition coefficient (Wildman–Crippen LogP) is 3.00. The van der Waals surface area contributed by atoms with Gasteiger partial charge in [0.15, 0.2) is 11.5 Å². The molecule has 1 aliphatic heterocycles. The van der Waals surface area contributed by atoms with Gasteiger partial charge in [-0.25, -0.2) is 0 Å². The van der Waals surface area contributed by atoms with Gasteiger partial charge in [-0.2, -0.15) is 0 Å². The molecular weight excluding hydrogens is 430 g/mol. The third-order valence-electron chi connectivity index (χ3n) is 5.42. The molecule has 1 fully saturated rings. The maximum absolute atomic E-state index is 13.0. The summed E-state index contributed by atoms with van der Waals surface area (Å²) < 4.78 is 15.8. The van der Waals surface area contributed by atoms with Crippen molar-refractivity contribution in [3.63, 3.8) is 0 Å². The molecule has 0 saturated carbocycles. The van der Waals surface area contributed by atoms with Crippen LogP contribution in [-0.2, 0) is 14.4 Å². The van der Waals surface area contributed by atoms with Crippen molar-refractivity contribution in [1.82, 2.24) is 4.90 Å². The first-order chi connectivity index (χ1) is 15.8. The second-order valence-electron chi connectivity index (χ2n) is 7.33. The number of carbonyl (C=O) groups is 3. The van der Waals surface area contributed by atoms with Gasteiger partial charge in [0, 0.05) is 18.5 Å². The molecular formula is C24H25NO8. The van der Waals surface area contributed by atoms with Crippen LogP contribution in [0.15, 0.2) is 48.0 Å². The van der Waals surface area contributed by atoms with Gasteiger partial charge in [0.1, 0.15) is 11.5 Å². The first kappa shape index (κ1) is 23.6. The molecule has 0 unspecified atom stereocenters. The van der Waals surface area contributed by atoms with Crippen molar-refractivity contribution in [2.24, 2.45) is 0 Å². The molecule has 2 aromatic rings. The Hall–Kier alpha value is -4.01. The van der Waals surface area contributed by atoms with Crippen LogP contribution >= 0.6 is 0 Å². The highest BCUT2D eigenvalue weighted by Crippen LogP contribution is 2.42. The van der Waals surface area contributed by atoms with E-state index in [0.717, 1.165) is 0 Å². The number of rotatable bonds is 9. The van der Waals surface area contributed by atoms with E-state index in [1.54, 1.807) is 42.5 Å². The number of hydrogen-bond acceptors (Lipinski definition) is 7. The minimum Gasteiger partial charge on any atom is -0.507 e. The van der Waals surface area contributed by atoms with Gasteiger partial charge in [0.25, 0.3) is 11.7 Å². The smallest absolute Gasteiger partial charge is 0.303 e. The molecule has 0 spiro atoms. The third-order valence-corrected chi connectivity index (χ3v) is 5.42. The normalized spacial score (nSPS) is 17.2. The largest absolute Gasteiger partial charge is 0.507 e. The Labute approximate surface area is 190 Å². The second kappa shape index (κ2) is 10.1. The number of carbonyl (C=O) groups excluding carboxylic acids is 2. The third kappa shape index (κ3) is 4.77. The highest BCUT2D eigenvalue weighted by Gasteiger charge is 2.46. The number of methoxy groups -OCH3 is 3. The number of carboxylic acids is 1. The summed E-state index contributed by atoms with van der Waals surface area (Å²) in [4.78, 5) is 38.2. The maximum atomic E-state index is 13.0. The Morgan fingerprint density at radius 3 is 2.18 bits per heavy atom. The molecule has 174 valence electrons. The number of aliphatic hydroxyl groups excluding tert-OH is 1. The number of benzene rings is 2. The Morgan fingerprint density at radius 2 is 1.61 bits per heavy atom. The van der Waals surface area contributed by atoms with Crippen molar-refractivity contribution in [3.8, 4) is 17.2 Å². The van der Waals surface area contributed by atoms with Crippen LogP contribution in [0.3, 0.4) is 0 Å². The second-order valence-corrected chi connectivity index (χ2v) is 7.33. The number of nitrogens with zero attached hydrogens (tertiary/aromatic N) is 1. The number of Topliss-reactive ketones (excluding diaryl/α,β-unsaturated/α-hetero) is 1. The molecule has 9 nitrogen and oxygen atoms in total. The Morgan fingerprint density at radius 1 is 0.939 bits per heavy atom. The topological polar surface area (TPSA) is 123 Å². The number of ether oxygens (including phenoxy) is 3. The highest BCUT2D eigenvalue weighted by molar-refractivity contribution is 6.46. The highest BCUT2D eigenvalue weighted by atomic mass is 16.5. The van der Waals surface area contributed by atoms with Crippen molar-refractivity contribution in [2.45, 2.75) is 18.9 Å². The average Bonchev–Trinajstić information content (AvgIpc) is 3.08. The molecule has 0 radical (unpaired) electrons. The van der Waals surface area contributed by atoms with Crippen molar-refractivity contribution < 1.29 is 38.8 Å². The van der Waals surface area contributed by atoms with E-state index in [-0.39, 0.29) is 30.7 Å². The van der Waals surface area contributed by atoms with E-state index in [1.807, 2.05) is 0 Å². The fourth-order valence-electron chi connectivity index (χ4n) is 3.79. The molecule has 0 bridgehead atoms. The minimum atomic E-state index is -1.01. The van der Waals surface area contributed by atoms with Crippen LogP contribution in [0.2, 0.25) is 0 Å². The Kier molecular flexibility index (Phi) is 7.22. The van der Waals surface area contributed by atoms with Gasteiger partial charge in [-0.05, 0) is 48.4 Å². The van der Waals surface area contributed by atoms with E-state index in [0.29, 0.717) is 28.4 Å². The lowest BCUT2D eigenvalue weighted by Gasteiger charge is -2.25. The zero-order valence-corrected chi connectivity index (χ0v) is 18.5. The van der Waals surface area contributed by atoms with Crippen LogP contribution in [0.5, 0.6) is 17.2 Å². The van der Waals surface area contributed by atoms with Gasteiger partial charge in [-0.3, -0.25) is 14.4 Å². The number of likely N-dealkylation sites (tertiary alicyclic amines) is 1. The first-order valence-electron chi connectivity index (χ1n) is 10.2. The number of amides is 1. The number of aliphatic carboxylic acids is 1. The molecule has 1 saturated heterocycles. The molecule has 1 amide bonds. The SMILES string of the molecule is COc1ccc(/C(O)=C2\C(=O)C(=O)N(CCCC(=O)O)[C@@H]2c2ccc(OC)c(OC)c2)cc1. The van der Waals surface area contributed by atoms with E-state index in [9.17, 15) is 19.5 Å². The van der Waals surface area contributed by atoms with E-state index >= 15 is 0 Å². The number of aliphatic hydroxyl groups is 1. The van der Waals surface area contributed by atoms with Crippen molar-refractivity contribution >= 4 is 23.4 Å². The molecule has 2 N–H and O–H groups in total. The van der Waals surface area contributed by atoms with Crippen LogP contribution in [0.1, 0.15) is 30.0 Å². The van der Waals surface area contributed by atoms with Crippen LogP contribution in [0.25, 0.3) is 5.76 Å². The lowest BCUT2D eigenvalue weighted by Crippen LogP contribution is -2.31. The van der Waals surface area contributed by atoms with Gasteiger partial charge in [0.2, 0.25) is 0 Å². The van der Waals surface area contributed by atoms with Gasteiger partial charge < -0.3 is 29.3 Å². The molecule has 0 aromatic heterocycles. The zero-order valence-electron chi connectivity index (χ0n) is 18.5. The number of ketones is 1. The van der Waals surface area contributed by atoms with E-state index in [2.05, 4.69) is 0 Å². The molecule has 9 heteroatoms. The summed E-state index contributed by atoms with van der Waals surface area (Å²) in [6.45, 7) is 0.0231. The van der Waals surface area contributed by atoms with E-state index in [4.69, 9.17) is 19.3 Å². The molecule has 3 rings (SSSR count). The summed E-state index contributed by atoms with van der Waals surface area (Å²) in [5.74, 6) is -1.59. The molecule has 0 aliphatic carbocycles. The van der Waals surface area contributed by atoms with Crippen molar-refractivity contribution in [2.75, 3.05) is 27.9 Å². The Bertz CT molecular complexity index is 1090. The van der Waals surface area contributed by atoms with Crippen molar-refractivity contribution in [1.29, 1.82) is 0 Å². The van der Waals surface area contributed by atoms with Crippen LogP contribution in [0, 0.1) is 0 Å². The summed E-state index contributed by atoms with van der Waals surface area (Å²) in [5, 5.41) is 20.0. The van der Waals surface area contributed by atoms with Crippen LogP contribution in [-0.4, -0.2) is 60.6 Å². The summed E-state index contributed by atoms with van der Waals surface area (Å²) >= 11 is 0. The summed E-state index contributed by atoms with van der Waals surface area (Å²) in [6.07, 6.45) is -0.0190. The fourth-order valence-corrected chi connectivity index (χ4v) is 3.79. The maximum Gasteiger partial charge on any atom is 0.303 e. The van der Waals surface area contributed by atoms with Gasteiger partial charge >= 0.3 is 5.97 Å². The number of hydrogen-bond donors (Lipinski definition) is 2. The molecule has 33 heavy (non-hydrogen) atoms. The molecule has 1 aliphatic rings. The average molecular weight is 455 g/mol. The van der Waals surface area contributed by atoms with Crippen molar-refractivity contribution in [3.05, 3.63) is 59.2 Å². The zero-order chi connectivity index (χ0) is 24.1. The quantitative estimate of drug-likeness (QED) is 0.336. The standard InChI is InChI=1S/C24H25NO8/c1-31-16-9-6-14(7-10-16)22(28)20-21(15-8-11-17(32-2)18(13-15)33-3)25(24(30)23(20)29)12-4-5-19(26)27/h6-11,13,21,28H,4-5,12H2,1-3H3,(H,26,27)/b22-20+/t21-/m1/s1. The summed E-state index contributed by atoms with van der Waals surface area (Å²) in [5.41, 5.74) is 0.759. The van der Waals surface area contributed by atoms with Gasteiger partial charge in [-0.15, -0.1) is 0 Å².